The average molecular weight is 386 g/mol. The van der Waals surface area contributed by atoms with Gasteiger partial charge >= 0.3 is 5.97 Å². The Hall–Kier alpha value is -2.89. The third-order valence-electron chi connectivity index (χ3n) is 4.72. The molecule has 2 aromatic carbocycles. The van der Waals surface area contributed by atoms with Crippen molar-refractivity contribution in [3.63, 3.8) is 0 Å². The van der Waals surface area contributed by atoms with E-state index in [0.29, 0.717) is 30.1 Å². The molecule has 3 rings (SSSR count). The normalized spacial score (nSPS) is 14.1. The van der Waals surface area contributed by atoms with Crippen molar-refractivity contribution < 1.29 is 28.8 Å². The Balaban J connectivity index is 1.56. The maximum absolute atomic E-state index is 12.3. The van der Waals surface area contributed by atoms with E-state index in [1.54, 1.807) is 20.3 Å². The van der Waals surface area contributed by atoms with E-state index < -0.39 is 5.97 Å². The maximum atomic E-state index is 12.3. The lowest BCUT2D eigenvalue weighted by Gasteiger charge is -2.17. The first-order valence-electron chi connectivity index (χ1n) is 9.26. The molecular formula is C22H26O6. The Kier molecular flexibility index (Phi) is 5.68. The lowest BCUT2D eigenvalue weighted by Crippen LogP contribution is -2.24. The number of phenolic OH excluding ortho intramolecular Hbond substituents is 1. The number of carbonyl (C=O) groups is 1. The highest BCUT2D eigenvalue weighted by Gasteiger charge is 2.34. The summed E-state index contributed by atoms with van der Waals surface area (Å²) in [5, 5.41) is 10.4. The standard InChI is InChI=1S/C22H26O6/c1-22(2)13-15-8-9-16(19(23)20(15)28-22)21(24)27-11-5-6-14-7-10-17(25-3)18(12-14)26-4/h7-10,12,23H,5-6,11,13H2,1-4H3. The molecule has 0 radical (unpaired) electrons. The minimum absolute atomic E-state index is 0.127. The van der Waals surface area contributed by atoms with Gasteiger partial charge in [0.15, 0.2) is 23.0 Å². The van der Waals surface area contributed by atoms with E-state index in [-0.39, 0.29) is 23.5 Å². The highest BCUT2D eigenvalue weighted by molar-refractivity contribution is 5.93. The molecule has 0 aliphatic carbocycles. The van der Waals surface area contributed by atoms with Gasteiger partial charge < -0.3 is 24.1 Å². The minimum atomic E-state index is -0.555. The fraction of sp³-hybridized carbons (Fsp3) is 0.409. The molecule has 6 heteroatoms. The van der Waals surface area contributed by atoms with Crippen LogP contribution in [0.25, 0.3) is 0 Å². The van der Waals surface area contributed by atoms with Crippen molar-refractivity contribution in [3.8, 4) is 23.0 Å². The number of benzene rings is 2. The van der Waals surface area contributed by atoms with Crippen molar-refractivity contribution in [1.82, 2.24) is 0 Å². The van der Waals surface area contributed by atoms with Crippen molar-refractivity contribution in [2.75, 3.05) is 20.8 Å². The molecule has 1 heterocycles. The van der Waals surface area contributed by atoms with Gasteiger partial charge in [0.25, 0.3) is 0 Å². The first-order valence-corrected chi connectivity index (χ1v) is 9.26. The predicted molar refractivity (Wildman–Crippen MR) is 105 cm³/mol. The number of aromatic hydroxyl groups is 1. The second-order valence-electron chi connectivity index (χ2n) is 7.42. The summed E-state index contributed by atoms with van der Waals surface area (Å²) in [5.74, 6) is 1.02. The smallest absolute Gasteiger partial charge is 0.342 e. The van der Waals surface area contributed by atoms with E-state index in [0.717, 1.165) is 17.5 Å². The van der Waals surface area contributed by atoms with Crippen LogP contribution in [-0.4, -0.2) is 37.5 Å². The zero-order valence-corrected chi connectivity index (χ0v) is 16.7. The van der Waals surface area contributed by atoms with Crippen LogP contribution in [0.3, 0.4) is 0 Å². The zero-order valence-electron chi connectivity index (χ0n) is 16.7. The first kappa shape index (κ1) is 19.9. The number of fused-ring (bicyclic) bond motifs is 1. The number of esters is 1. The van der Waals surface area contributed by atoms with E-state index in [4.69, 9.17) is 18.9 Å². The van der Waals surface area contributed by atoms with Crippen molar-refractivity contribution in [2.45, 2.75) is 38.7 Å². The van der Waals surface area contributed by atoms with Crippen LogP contribution in [0.5, 0.6) is 23.0 Å². The summed E-state index contributed by atoms with van der Waals surface area (Å²) in [6.07, 6.45) is 2.06. The number of rotatable bonds is 7. The second kappa shape index (κ2) is 8.00. The fourth-order valence-corrected chi connectivity index (χ4v) is 3.36. The summed E-state index contributed by atoms with van der Waals surface area (Å²) in [4.78, 5) is 12.3. The van der Waals surface area contributed by atoms with Crippen LogP contribution in [0.1, 0.15) is 41.8 Å². The molecule has 28 heavy (non-hydrogen) atoms. The number of methoxy groups -OCH3 is 2. The molecule has 0 aromatic heterocycles. The maximum Gasteiger partial charge on any atom is 0.342 e. The van der Waals surface area contributed by atoms with Crippen LogP contribution in [0.4, 0.5) is 0 Å². The SMILES string of the molecule is COc1ccc(CCCOC(=O)c2ccc3c(c2O)OC(C)(C)C3)cc1OC. The molecule has 0 saturated heterocycles. The molecule has 1 aliphatic rings. The van der Waals surface area contributed by atoms with Crippen molar-refractivity contribution >= 4 is 5.97 Å². The summed E-state index contributed by atoms with van der Waals surface area (Å²) in [7, 11) is 3.19. The number of hydrogen-bond acceptors (Lipinski definition) is 6. The van der Waals surface area contributed by atoms with Gasteiger partial charge in [0.1, 0.15) is 11.2 Å². The van der Waals surface area contributed by atoms with Gasteiger partial charge in [-0.3, -0.25) is 0 Å². The molecule has 0 amide bonds. The Morgan fingerprint density at radius 2 is 1.89 bits per heavy atom. The van der Waals surface area contributed by atoms with Crippen LogP contribution in [-0.2, 0) is 17.6 Å². The molecule has 1 N–H and O–H groups in total. The van der Waals surface area contributed by atoms with Gasteiger partial charge in [0, 0.05) is 12.0 Å². The third kappa shape index (κ3) is 4.16. The number of carbonyl (C=O) groups excluding carboxylic acids is 1. The molecule has 150 valence electrons. The Morgan fingerprint density at radius 3 is 2.61 bits per heavy atom. The van der Waals surface area contributed by atoms with Crippen LogP contribution in [0.2, 0.25) is 0 Å². The summed E-state index contributed by atoms with van der Waals surface area (Å²) >= 11 is 0. The first-order chi connectivity index (χ1) is 13.3. The molecule has 0 bridgehead atoms. The average Bonchev–Trinajstić information content (AvgIpc) is 3.00. The van der Waals surface area contributed by atoms with E-state index in [1.165, 1.54) is 0 Å². The van der Waals surface area contributed by atoms with E-state index in [1.807, 2.05) is 38.1 Å². The lowest BCUT2D eigenvalue weighted by molar-refractivity contribution is 0.0495. The summed E-state index contributed by atoms with van der Waals surface area (Å²) in [6.45, 7) is 4.13. The van der Waals surface area contributed by atoms with Crippen LogP contribution < -0.4 is 14.2 Å². The van der Waals surface area contributed by atoms with Crippen molar-refractivity contribution in [3.05, 3.63) is 47.0 Å². The Bertz CT molecular complexity index is 872. The molecule has 0 unspecified atom stereocenters. The summed E-state index contributed by atoms with van der Waals surface area (Å²) in [5.41, 5.74) is 1.70. The molecule has 6 nitrogen and oxygen atoms in total. The van der Waals surface area contributed by atoms with Crippen LogP contribution >= 0.6 is 0 Å². The minimum Gasteiger partial charge on any atom is -0.504 e. The van der Waals surface area contributed by atoms with E-state index >= 15 is 0 Å². The van der Waals surface area contributed by atoms with Crippen LogP contribution in [0.15, 0.2) is 30.3 Å². The number of phenols is 1. The molecular weight excluding hydrogens is 360 g/mol. The van der Waals surface area contributed by atoms with Crippen molar-refractivity contribution in [2.24, 2.45) is 0 Å². The largest absolute Gasteiger partial charge is 0.504 e. The Morgan fingerprint density at radius 1 is 1.14 bits per heavy atom. The van der Waals surface area contributed by atoms with Gasteiger partial charge in [0.2, 0.25) is 0 Å². The van der Waals surface area contributed by atoms with E-state index in [2.05, 4.69) is 0 Å². The number of ether oxygens (including phenoxy) is 4. The molecule has 0 fully saturated rings. The molecule has 0 saturated carbocycles. The lowest BCUT2D eigenvalue weighted by atomic mass is 10.0. The van der Waals surface area contributed by atoms with Crippen LogP contribution in [0, 0.1) is 0 Å². The van der Waals surface area contributed by atoms with Gasteiger partial charge in [-0.1, -0.05) is 12.1 Å². The van der Waals surface area contributed by atoms with E-state index in [9.17, 15) is 9.90 Å². The van der Waals surface area contributed by atoms with Gasteiger partial charge in [-0.25, -0.2) is 4.79 Å². The van der Waals surface area contributed by atoms with Gasteiger partial charge in [0.05, 0.1) is 20.8 Å². The second-order valence-corrected chi connectivity index (χ2v) is 7.42. The highest BCUT2D eigenvalue weighted by atomic mass is 16.5. The molecule has 0 atom stereocenters. The summed E-state index contributed by atoms with van der Waals surface area (Å²) in [6, 6.07) is 9.12. The molecule has 2 aromatic rings. The van der Waals surface area contributed by atoms with Gasteiger partial charge in [-0.15, -0.1) is 0 Å². The van der Waals surface area contributed by atoms with Gasteiger partial charge in [-0.2, -0.15) is 0 Å². The quantitative estimate of drug-likeness (QED) is 0.574. The topological polar surface area (TPSA) is 74.2 Å². The molecule has 1 aliphatic heterocycles. The molecule has 0 spiro atoms. The third-order valence-corrected chi connectivity index (χ3v) is 4.72. The summed E-state index contributed by atoms with van der Waals surface area (Å²) < 4.78 is 21.6. The number of aryl methyl sites for hydroxylation is 1. The van der Waals surface area contributed by atoms with Crippen molar-refractivity contribution in [1.29, 1.82) is 0 Å². The monoisotopic (exact) mass is 386 g/mol. The fourth-order valence-electron chi connectivity index (χ4n) is 3.36. The highest BCUT2D eigenvalue weighted by Crippen LogP contribution is 2.43. The number of hydrogen-bond donors (Lipinski definition) is 1. The Labute approximate surface area is 165 Å². The zero-order chi connectivity index (χ0) is 20.3. The predicted octanol–water partition coefficient (Wildman–Crippen LogP) is 3.91. The van der Waals surface area contributed by atoms with Gasteiger partial charge in [-0.05, 0) is 50.5 Å².